The molecule has 0 aliphatic carbocycles. The minimum absolute atomic E-state index is 0.167. The molecule has 0 aromatic heterocycles. The minimum atomic E-state index is -3.83. The highest BCUT2D eigenvalue weighted by Gasteiger charge is 2.29. The first-order chi connectivity index (χ1) is 11.1. The maximum atomic E-state index is 13.0. The molecule has 1 N–H and O–H groups in total. The Morgan fingerprint density at radius 1 is 0.739 bits per heavy atom. The van der Waals surface area contributed by atoms with Crippen molar-refractivity contribution in [3.05, 3.63) is 96.1 Å². The van der Waals surface area contributed by atoms with Crippen LogP contribution in [0.25, 0.3) is 0 Å². The summed E-state index contributed by atoms with van der Waals surface area (Å²) in [5.74, 6) is -0.258. The smallest absolute Gasteiger partial charge is 0.259 e. The van der Waals surface area contributed by atoms with Gasteiger partial charge in [0, 0.05) is 16.4 Å². The fraction of sp³-hybridized carbons (Fsp3) is 0. The summed E-state index contributed by atoms with van der Waals surface area (Å²) in [6, 6.07) is 23.7. The third-order valence-corrected chi connectivity index (χ3v) is 5.66. The van der Waals surface area contributed by atoms with Crippen LogP contribution in [-0.4, -0.2) is 10.7 Å². The summed E-state index contributed by atoms with van der Waals surface area (Å²) in [6.07, 6.45) is 0. The van der Waals surface area contributed by atoms with Crippen LogP contribution in [0.3, 0.4) is 0 Å². The number of ketones is 1. The highest BCUT2D eigenvalue weighted by Crippen LogP contribution is 2.39. The van der Waals surface area contributed by atoms with E-state index >= 15 is 0 Å². The first-order valence-corrected chi connectivity index (χ1v) is 8.84. The Morgan fingerprint density at radius 2 is 1.26 bits per heavy atom. The van der Waals surface area contributed by atoms with Gasteiger partial charge in [0.1, 0.15) is 0 Å². The molecule has 3 aromatic rings. The van der Waals surface area contributed by atoms with E-state index in [0.29, 0.717) is 10.9 Å². The molecule has 0 saturated carbocycles. The van der Waals surface area contributed by atoms with Crippen LogP contribution < -0.4 is 10.6 Å². The minimum Gasteiger partial charge on any atom is -0.338 e. The predicted octanol–water partition coefficient (Wildman–Crippen LogP) is 3.14. The van der Waals surface area contributed by atoms with E-state index in [9.17, 15) is 14.3 Å². The second-order valence-electron chi connectivity index (χ2n) is 5.12. The lowest BCUT2D eigenvalue weighted by Gasteiger charge is -2.15. The summed E-state index contributed by atoms with van der Waals surface area (Å²) < 4.78 is 13.0. The molecule has 1 unspecified atom stereocenters. The lowest BCUT2D eigenvalue weighted by molar-refractivity contribution is 0.103. The Hall–Kier alpha value is -2.48. The van der Waals surface area contributed by atoms with Crippen molar-refractivity contribution >= 4 is 23.8 Å². The Balaban J connectivity index is 2.12. The predicted molar refractivity (Wildman–Crippen MR) is 91.9 cm³/mol. The lowest BCUT2D eigenvalue weighted by atomic mass is 10.0. The van der Waals surface area contributed by atoms with Gasteiger partial charge in [-0.25, -0.2) is 0 Å². The van der Waals surface area contributed by atoms with E-state index in [1.807, 2.05) is 6.07 Å². The van der Waals surface area contributed by atoms with Crippen LogP contribution in [-0.2, 0) is 4.57 Å². The van der Waals surface area contributed by atoms with Gasteiger partial charge in [-0.3, -0.25) is 9.36 Å². The van der Waals surface area contributed by atoms with Crippen molar-refractivity contribution in [1.82, 2.24) is 0 Å². The van der Waals surface area contributed by atoms with Gasteiger partial charge in [-0.2, -0.15) is 0 Å². The quantitative estimate of drug-likeness (QED) is 0.593. The van der Waals surface area contributed by atoms with E-state index in [1.54, 1.807) is 78.9 Å². The average molecular weight is 322 g/mol. The second kappa shape index (κ2) is 6.33. The molecule has 23 heavy (non-hydrogen) atoms. The highest BCUT2D eigenvalue weighted by atomic mass is 31.2. The van der Waals surface area contributed by atoms with Crippen LogP contribution >= 0.6 is 7.37 Å². The van der Waals surface area contributed by atoms with Gasteiger partial charge in [-0.15, -0.1) is 0 Å². The van der Waals surface area contributed by atoms with Gasteiger partial charge in [-0.05, 0) is 18.2 Å². The average Bonchev–Trinajstić information content (AvgIpc) is 2.62. The monoisotopic (exact) mass is 322 g/mol. The van der Waals surface area contributed by atoms with Crippen molar-refractivity contribution < 1.29 is 14.3 Å². The fourth-order valence-corrected chi connectivity index (χ4v) is 4.09. The van der Waals surface area contributed by atoms with Crippen molar-refractivity contribution in [3.8, 4) is 0 Å². The van der Waals surface area contributed by atoms with Crippen LogP contribution in [0.5, 0.6) is 0 Å². The van der Waals surface area contributed by atoms with Gasteiger partial charge in [0.2, 0.25) is 0 Å². The third-order valence-electron chi connectivity index (χ3n) is 3.62. The van der Waals surface area contributed by atoms with Gasteiger partial charge in [0.15, 0.2) is 5.78 Å². The number of carbonyl (C=O) groups excluding carboxylic acids is 1. The number of hydrogen-bond acceptors (Lipinski definition) is 2. The molecule has 3 aromatic carbocycles. The zero-order chi connectivity index (χ0) is 16.3. The summed E-state index contributed by atoms with van der Waals surface area (Å²) in [5.41, 5.74) is 0.751. The molecule has 0 saturated heterocycles. The molecule has 0 aliphatic heterocycles. The molecule has 1 atom stereocenters. The zero-order valence-electron chi connectivity index (χ0n) is 12.3. The third kappa shape index (κ3) is 3.02. The summed E-state index contributed by atoms with van der Waals surface area (Å²) in [4.78, 5) is 23.3. The Morgan fingerprint density at radius 3 is 1.91 bits per heavy atom. The summed E-state index contributed by atoms with van der Waals surface area (Å²) in [5, 5.41) is 0.480. The maximum Gasteiger partial charge on any atom is 0.259 e. The SMILES string of the molecule is O=C(c1ccccc1)c1ccccc1P(=O)(O)c1ccccc1. The van der Waals surface area contributed by atoms with E-state index in [-0.39, 0.29) is 16.7 Å². The largest absolute Gasteiger partial charge is 0.338 e. The highest BCUT2D eigenvalue weighted by molar-refractivity contribution is 7.73. The zero-order valence-corrected chi connectivity index (χ0v) is 13.2. The molecule has 114 valence electrons. The van der Waals surface area contributed by atoms with Crippen LogP contribution in [0, 0.1) is 0 Å². The first-order valence-electron chi connectivity index (χ1n) is 7.18. The van der Waals surface area contributed by atoms with Gasteiger partial charge >= 0.3 is 0 Å². The number of carbonyl (C=O) groups is 1. The molecule has 0 spiro atoms. The summed E-state index contributed by atoms with van der Waals surface area (Å²) in [6.45, 7) is 0. The molecule has 3 nitrogen and oxygen atoms in total. The summed E-state index contributed by atoms with van der Waals surface area (Å²) >= 11 is 0. The molecule has 0 amide bonds. The number of benzene rings is 3. The first kappa shape index (κ1) is 15.4. The molecule has 0 fully saturated rings. The van der Waals surface area contributed by atoms with E-state index in [0.717, 1.165) is 0 Å². The summed E-state index contributed by atoms with van der Waals surface area (Å²) in [7, 11) is -3.83. The van der Waals surface area contributed by atoms with Gasteiger partial charge < -0.3 is 4.89 Å². The Labute approximate surface area is 134 Å². The van der Waals surface area contributed by atoms with Crippen molar-refractivity contribution in [2.75, 3.05) is 0 Å². The van der Waals surface area contributed by atoms with Gasteiger partial charge in [0.25, 0.3) is 7.37 Å². The van der Waals surface area contributed by atoms with E-state index in [1.165, 1.54) is 0 Å². The van der Waals surface area contributed by atoms with E-state index < -0.39 is 7.37 Å². The maximum absolute atomic E-state index is 13.0. The molecule has 4 heteroatoms. The van der Waals surface area contributed by atoms with Crippen molar-refractivity contribution in [1.29, 1.82) is 0 Å². The Kier molecular flexibility index (Phi) is 4.24. The van der Waals surface area contributed by atoms with Crippen LogP contribution in [0.15, 0.2) is 84.9 Å². The fourth-order valence-electron chi connectivity index (χ4n) is 2.44. The van der Waals surface area contributed by atoms with Gasteiger partial charge in [-0.1, -0.05) is 66.7 Å². The van der Waals surface area contributed by atoms with Crippen molar-refractivity contribution in [3.63, 3.8) is 0 Å². The molecular weight excluding hydrogens is 307 g/mol. The molecule has 0 bridgehead atoms. The van der Waals surface area contributed by atoms with Crippen molar-refractivity contribution in [2.45, 2.75) is 0 Å². The normalized spacial score (nSPS) is 13.3. The van der Waals surface area contributed by atoms with E-state index in [4.69, 9.17) is 0 Å². The Bertz CT molecular complexity index is 873. The van der Waals surface area contributed by atoms with Crippen LogP contribution in [0.4, 0.5) is 0 Å². The molecule has 0 heterocycles. The van der Waals surface area contributed by atoms with Crippen LogP contribution in [0.1, 0.15) is 15.9 Å². The standard InChI is InChI=1S/C19H15O3P/c20-19(15-9-3-1-4-10-15)17-13-7-8-14-18(17)23(21,22)16-11-5-2-6-12-16/h1-14H,(H,21,22). The van der Waals surface area contributed by atoms with Crippen molar-refractivity contribution in [2.24, 2.45) is 0 Å². The molecule has 0 radical (unpaired) electrons. The molecule has 0 aliphatic rings. The lowest BCUT2D eigenvalue weighted by Crippen LogP contribution is -2.22. The molecule has 3 rings (SSSR count). The number of hydrogen-bond donors (Lipinski definition) is 1. The van der Waals surface area contributed by atoms with Crippen LogP contribution in [0.2, 0.25) is 0 Å². The number of rotatable bonds is 4. The molecular formula is C19H15O3P. The van der Waals surface area contributed by atoms with Gasteiger partial charge in [0.05, 0.1) is 5.30 Å². The topological polar surface area (TPSA) is 54.4 Å². The second-order valence-corrected chi connectivity index (χ2v) is 7.27. The van der Waals surface area contributed by atoms with E-state index in [2.05, 4.69) is 0 Å².